The van der Waals surface area contributed by atoms with Crippen LogP contribution in [0.25, 0.3) is 0 Å². The largest absolute Gasteiger partial charge is 0.330 e. The van der Waals surface area contributed by atoms with Crippen LogP contribution in [0, 0.1) is 0 Å². The van der Waals surface area contributed by atoms with Crippen molar-refractivity contribution in [2.75, 3.05) is 6.54 Å². The Morgan fingerprint density at radius 3 is 2.00 bits per heavy atom. The van der Waals surface area contributed by atoms with Gasteiger partial charge in [0.25, 0.3) is 0 Å². The van der Waals surface area contributed by atoms with E-state index in [0.717, 1.165) is 6.54 Å². The van der Waals surface area contributed by atoms with Crippen LogP contribution in [0.4, 0.5) is 0 Å². The molecule has 0 saturated carbocycles. The van der Waals surface area contributed by atoms with E-state index >= 15 is 0 Å². The fourth-order valence-corrected chi connectivity index (χ4v) is 8.31. The third-order valence-electron chi connectivity index (χ3n) is 3.70. The molecule has 2 heteroatoms. The summed E-state index contributed by atoms with van der Waals surface area (Å²) in [5.74, 6) is 0. The lowest BCUT2D eigenvalue weighted by Crippen LogP contribution is -2.47. The molecule has 0 aliphatic carbocycles. The summed E-state index contributed by atoms with van der Waals surface area (Å²) in [5.41, 5.74) is 5.73. The third-order valence-corrected chi connectivity index (χ3v) is 9.49. The van der Waals surface area contributed by atoms with E-state index < -0.39 is 8.07 Å². The van der Waals surface area contributed by atoms with E-state index in [1.807, 2.05) is 0 Å². The Morgan fingerprint density at radius 2 is 1.53 bits per heavy atom. The summed E-state index contributed by atoms with van der Waals surface area (Å²) < 4.78 is 0. The summed E-state index contributed by atoms with van der Waals surface area (Å²) >= 11 is 0. The van der Waals surface area contributed by atoms with Gasteiger partial charge in [0.2, 0.25) is 0 Å². The van der Waals surface area contributed by atoms with E-state index in [9.17, 15) is 0 Å². The van der Waals surface area contributed by atoms with E-state index in [0.29, 0.717) is 0 Å². The molecule has 0 heterocycles. The molecule has 0 aliphatic heterocycles. The van der Waals surface area contributed by atoms with Crippen molar-refractivity contribution in [1.29, 1.82) is 0 Å². The average Bonchev–Trinajstić information content (AvgIpc) is 2.37. The molecule has 0 radical (unpaired) electrons. The minimum Gasteiger partial charge on any atom is -0.330 e. The highest BCUT2D eigenvalue weighted by Gasteiger charge is 2.32. The molecule has 17 heavy (non-hydrogen) atoms. The van der Waals surface area contributed by atoms with Gasteiger partial charge in [-0.3, -0.25) is 0 Å². The Morgan fingerprint density at radius 1 is 0.941 bits per heavy atom. The van der Waals surface area contributed by atoms with Gasteiger partial charge in [-0.05, 0) is 13.0 Å². The van der Waals surface area contributed by atoms with Crippen molar-refractivity contribution in [1.82, 2.24) is 0 Å². The zero-order valence-corrected chi connectivity index (χ0v) is 12.4. The summed E-state index contributed by atoms with van der Waals surface area (Å²) in [6.07, 6.45) is 3.82. The van der Waals surface area contributed by atoms with E-state index in [1.165, 1.54) is 37.4 Å². The van der Waals surface area contributed by atoms with Crippen LogP contribution in [0.15, 0.2) is 30.3 Å². The number of hydrogen-bond acceptors (Lipinski definition) is 1. The molecule has 0 bridgehead atoms. The lowest BCUT2D eigenvalue weighted by atomic mass is 10.4. The van der Waals surface area contributed by atoms with Crippen LogP contribution < -0.4 is 10.9 Å². The monoisotopic (exact) mass is 249 g/mol. The highest BCUT2D eigenvalue weighted by atomic mass is 28.3. The Bertz CT molecular complexity index is 291. The Hall–Kier alpha value is -0.603. The topological polar surface area (TPSA) is 26.0 Å². The van der Waals surface area contributed by atoms with Crippen molar-refractivity contribution in [3.63, 3.8) is 0 Å². The van der Waals surface area contributed by atoms with Crippen LogP contribution in [0.1, 0.15) is 33.1 Å². The second-order valence-corrected chi connectivity index (χ2v) is 9.68. The van der Waals surface area contributed by atoms with Gasteiger partial charge in [-0.1, -0.05) is 80.3 Å². The molecule has 0 fully saturated rings. The first-order valence-corrected chi connectivity index (χ1v) is 9.67. The third kappa shape index (κ3) is 3.97. The molecule has 96 valence electrons. The Balaban J connectivity index is 2.95. The second kappa shape index (κ2) is 7.67. The van der Waals surface area contributed by atoms with Crippen LogP contribution in [0.3, 0.4) is 0 Å². The van der Waals surface area contributed by atoms with E-state index in [1.54, 1.807) is 5.19 Å². The van der Waals surface area contributed by atoms with Gasteiger partial charge in [0.15, 0.2) is 0 Å². The predicted octanol–water partition coefficient (Wildman–Crippen LogP) is 3.51. The average molecular weight is 249 g/mol. The van der Waals surface area contributed by atoms with Crippen LogP contribution >= 0.6 is 0 Å². The van der Waals surface area contributed by atoms with Crippen molar-refractivity contribution in [2.24, 2.45) is 5.73 Å². The molecule has 1 rings (SSSR count). The van der Waals surface area contributed by atoms with Gasteiger partial charge in [-0.2, -0.15) is 0 Å². The van der Waals surface area contributed by atoms with Gasteiger partial charge in [0.1, 0.15) is 0 Å². The van der Waals surface area contributed by atoms with E-state index in [-0.39, 0.29) is 0 Å². The van der Waals surface area contributed by atoms with Gasteiger partial charge < -0.3 is 5.73 Å². The minimum absolute atomic E-state index is 0.842. The second-order valence-electron chi connectivity index (χ2n) is 5.04. The molecule has 1 nitrogen and oxygen atoms in total. The van der Waals surface area contributed by atoms with Crippen molar-refractivity contribution in [3.05, 3.63) is 30.3 Å². The molecule has 0 aliphatic rings. The van der Waals surface area contributed by atoms with E-state index in [2.05, 4.69) is 44.2 Å². The smallest absolute Gasteiger partial charge is 0.0867 e. The molecule has 0 saturated heterocycles. The maximum absolute atomic E-state index is 5.73. The van der Waals surface area contributed by atoms with Crippen LogP contribution in [0.5, 0.6) is 0 Å². The normalized spacial score (nSPS) is 11.7. The van der Waals surface area contributed by atoms with Crippen LogP contribution in [0.2, 0.25) is 18.1 Å². The van der Waals surface area contributed by atoms with Crippen LogP contribution in [-0.4, -0.2) is 14.6 Å². The molecule has 1 aromatic carbocycles. The molecule has 0 atom stereocenters. The van der Waals surface area contributed by atoms with Gasteiger partial charge in [0.05, 0.1) is 8.07 Å². The van der Waals surface area contributed by atoms with Gasteiger partial charge >= 0.3 is 0 Å². The fourth-order valence-electron chi connectivity index (χ4n) is 3.00. The summed E-state index contributed by atoms with van der Waals surface area (Å²) in [4.78, 5) is 0. The molecule has 0 unspecified atom stereocenters. The fraction of sp³-hybridized carbons (Fsp3) is 0.600. The Kier molecular flexibility index (Phi) is 6.52. The van der Waals surface area contributed by atoms with Gasteiger partial charge in [-0.15, -0.1) is 0 Å². The molecule has 2 N–H and O–H groups in total. The first-order valence-electron chi connectivity index (χ1n) is 7.04. The molecule has 0 amide bonds. The standard InChI is InChI=1S/C15H27NSi/c1-3-12-17(13-4-2,14-8-11-16)15-9-6-5-7-10-15/h5-7,9-10H,3-4,8,11-14,16H2,1-2H3. The molecule has 0 spiro atoms. The SMILES string of the molecule is CCC[Si](CCC)(CCCN)c1ccccc1. The first-order chi connectivity index (χ1) is 8.29. The number of benzene rings is 1. The van der Waals surface area contributed by atoms with Gasteiger partial charge in [0, 0.05) is 0 Å². The van der Waals surface area contributed by atoms with Crippen molar-refractivity contribution < 1.29 is 0 Å². The van der Waals surface area contributed by atoms with Crippen LogP contribution in [-0.2, 0) is 0 Å². The number of nitrogens with two attached hydrogens (primary N) is 1. The summed E-state index contributed by atoms with van der Waals surface area (Å²) in [5, 5.41) is 1.65. The highest BCUT2D eigenvalue weighted by Crippen LogP contribution is 2.25. The molecular formula is C15H27NSi. The Labute approximate surface area is 107 Å². The lowest BCUT2D eigenvalue weighted by Gasteiger charge is -2.32. The number of hydrogen-bond donors (Lipinski definition) is 1. The molecule has 1 aromatic rings. The summed E-state index contributed by atoms with van der Waals surface area (Å²) in [6, 6.07) is 15.5. The van der Waals surface area contributed by atoms with Crippen molar-refractivity contribution >= 4 is 13.3 Å². The van der Waals surface area contributed by atoms with E-state index in [4.69, 9.17) is 5.73 Å². The molecular weight excluding hydrogens is 222 g/mol. The first kappa shape index (κ1) is 14.5. The minimum atomic E-state index is -1.27. The van der Waals surface area contributed by atoms with Crippen molar-refractivity contribution in [2.45, 2.75) is 51.2 Å². The predicted molar refractivity (Wildman–Crippen MR) is 80.5 cm³/mol. The summed E-state index contributed by atoms with van der Waals surface area (Å²) in [6.45, 7) is 5.49. The zero-order valence-electron chi connectivity index (χ0n) is 11.4. The zero-order chi connectivity index (χ0) is 12.6. The summed E-state index contributed by atoms with van der Waals surface area (Å²) in [7, 11) is -1.27. The molecule has 0 aromatic heterocycles. The van der Waals surface area contributed by atoms with Gasteiger partial charge in [-0.25, -0.2) is 0 Å². The maximum atomic E-state index is 5.73. The number of rotatable bonds is 8. The van der Waals surface area contributed by atoms with Crippen molar-refractivity contribution in [3.8, 4) is 0 Å². The lowest BCUT2D eigenvalue weighted by molar-refractivity contribution is 0.880. The highest BCUT2D eigenvalue weighted by molar-refractivity contribution is 6.91. The maximum Gasteiger partial charge on any atom is 0.0867 e. The quantitative estimate of drug-likeness (QED) is 0.701.